The van der Waals surface area contributed by atoms with E-state index >= 15 is 0 Å². The lowest BCUT2D eigenvalue weighted by atomic mass is 10.2. The third-order valence-corrected chi connectivity index (χ3v) is 4.13. The second kappa shape index (κ2) is 8.44. The van der Waals surface area contributed by atoms with E-state index in [9.17, 15) is 9.59 Å². The minimum Gasteiger partial charge on any atom is -0.497 e. The molecule has 1 N–H and O–H groups in total. The van der Waals surface area contributed by atoms with Crippen molar-refractivity contribution in [2.45, 2.75) is 13.3 Å². The van der Waals surface area contributed by atoms with Crippen LogP contribution >= 0.6 is 0 Å². The van der Waals surface area contributed by atoms with Crippen molar-refractivity contribution in [3.8, 4) is 17.2 Å². The van der Waals surface area contributed by atoms with Crippen LogP contribution < -0.4 is 24.4 Å². The van der Waals surface area contributed by atoms with E-state index in [2.05, 4.69) is 5.32 Å². The Labute approximate surface area is 157 Å². The predicted molar refractivity (Wildman–Crippen MR) is 102 cm³/mol. The summed E-state index contributed by atoms with van der Waals surface area (Å²) in [5.41, 5.74) is 1.31. The van der Waals surface area contributed by atoms with Gasteiger partial charge in [0.1, 0.15) is 19.0 Å². The zero-order chi connectivity index (χ0) is 19.2. The zero-order valence-electron chi connectivity index (χ0n) is 15.4. The van der Waals surface area contributed by atoms with Crippen molar-refractivity contribution >= 4 is 23.2 Å². The van der Waals surface area contributed by atoms with E-state index < -0.39 is 0 Å². The number of anilines is 2. The van der Waals surface area contributed by atoms with E-state index in [0.717, 1.165) is 0 Å². The number of hydrogen-bond acceptors (Lipinski definition) is 5. The molecule has 1 heterocycles. The summed E-state index contributed by atoms with van der Waals surface area (Å²) in [6.45, 7) is 2.70. The van der Waals surface area contributed by atoms with Gasteiger partial charge in [0.15, 0.2) is 11.5 Å². The Balaban J connectivity index is 1.64. The van der Waals surface area contributed by atoms with Crippen LogP contribution in [0, 0.1) is 0 Å². The van der Waals surface area contributed by atoms with Crippen molar-refractivity contribution < 1.29 is 23.8 Å². The molecule has 0 spiro atoms. The van der Waals surface area contributed by atoms with Gasteiger partial charge < -0.3 is 24.4 Å². The summed E-state index contributed by atoms with van der Waals surface area (Å²) < 4.78 is 16.2. The van der Waals surface area contributed by atoms with Crippen LogP contribution in [0.25, 0.3) is 0 Å². The molecule has 0 radical (unpaired) electrons. The molecule has 2 aromatic carbocycles. The highest BCUT2D eigenvalue weighted by atomic mass is 16.6. The van der Waals surface area contributed by atoms with E-state index in [-0.39, 0.29) is 24.8 Å². The van der Waals surface area contributed by atoms with Crippen molar-refractivity contribution in [2.24, 2.45) is 0 Å². The van der Waals surface area contributed by atoms with Crippen molar-refractivity contribution in [3.63, 3.8) is 0 Å². The van der Waals surface area contributed by atoms with Crippen LogP contribution in [0.15, 0.2) is 42.5 Å². The molecular formula is C20H22N2O5. The Hall–Kier alpha value is -3.22. The number of carbonyl (C=O) groups is 2. The molecule has 0 bridgehead atoms. The number of nitrogens with one attached hydrogen (secondary N) is 1. The smallest absolute Gasteiger partial charge is 0.226 e. The first-order valence-electron chi connectivity index (χ1n) is 8.68. The van der Waals surface area contributed by atoms with Crippen molar-refractivity contribution in [1.29, 1.82) is 0 Å². The predicted octanol–water partition coefficient (Wildman–Crippen LogP) is 2.85. The summed E-state index contributed by atoms with van der Waals surface area (Å²) in [5.74, 6) is 1.58. The topological polar surface area (TPSA) is 77.1 Å². The minimum absolute atomic E-state index is 0.152. The maximum absolute atomic E-state index is 12.3. The molecule has 0 atom stereocenters. The molecular weight excluding hydrogens is 348 g/mol. The number of ether oxygens (including phenoxy) is 3. The molecule has 0 aliphatic carbocycles. The number of rotatable bonds is 6. The Morgan fingerprint density at radius 1 is 1.11 bits per heavy atom. The summed E-state index contributed by atoms with van der Waals surface area (Å²) in [7, 11) is 1.57. The highest BCUT2D eigenvalue weighted by Gasteiger charge is 2.18. The average Bonchev–Trinajstić information content (AvgIpc) is 2.68. The van der Waals surface area contributed by atoms with Gasteiger partial charge in [-0.25, -0.2) is 0 Å². The van der Waals surface area contributed by atoms with Crippen LogP contribution in [0.1, 0.15) is 13.3 Å². The van der Waals surface area contributed by atoms with Crippen LogP contribution in [0.5, 0.6) is 17.2 Å². The first-order chi connectivity index (χ1) is 13.1. The number of nitrogens with zero attached hydrogens (tertiary/aromatic N) is 1. The van der Waals surface area contributed by atoms with Gasteiger partial charge in [0.25, 0.3) is 0 Å². The number of amides is 2. The summed E-state index contributed by atoms with van der Waals surface area (Å²) in [6, 6.07) is 12.4. The lowest BCUT2D eigenvalue weighted by Crippen LogP contribution is -2.32. The van der Waals surface area contributed by atoms with E-state index in [0.29, 0.717) is 41.8 Å². The Bertz CT molecular complexity index is 837. The first-order valence-corrected chi connectivity index (χ1v) is 8.68. The maximum Gasteiger partial charge on any atom is 0.226 e. The first kappa shape index (κ1) is 18.6. The zero-order valence-corrected chi connectivity index (χ0v) is 15.4. The van der Waals surface area contributed by atoms with Gasteiger partial charge in [-0.2, -0.15) is 0 Å². The van der Waals surface area contributed by atoms with Gasteiger partial charge in [-0.3, -0.25) is 9.59 Å². The normalized spacial score (nSPS) is 12.2. The number of benzene rings is 2. The molecule has 27 heavy (non-hydrogen) atoms. The molecule has 0 aromatic heterocycles. The molecule has 7 heteroatoms. The molecule has 1 aliphatic heterocycles. The van der Waals surface area contributed by atoms with Crippen LogP contribution in [0.4, 0.5) is 11.4 Å². The average molecular weight is 370 g/mol. The lowest BCUT2D eigenvalue weighted by Gasteiger charge is -2.24. The summed E-state index contributed by atoms with van der Waals surface area (Å²) >= 11 is 0. The van der Waals surface area contributed by atoms with E-state index in [4.69, 9.17) is 14.2 Å². The standard InChI is InChI=1S/C20H22N2O5/c1-14(23)22(16-6-7-18-19(13-16)27-11-10-26-18)9-8-20(24)21-15-4-3-5-17(12-15)25-2/h3-7,12-13H,8-11H2,1-2H3,(H,21,24). The van der Waals surface area contributed by atoms with E-state index in [1.807, 2.05) is 0 Å². The monoisotopic (exact) mass is 370 g/mol. The third kappa shape index (κ3) is 4.69. The van der Waals surface area contributed by atoms with Gasteiger partial charge in [-0.05, 0) is 24.3 Å². The van der Waals surface area contributed by atoms with Crippen LogP contribution in [0.3, 0.4) is 0 Å². The molecule has 1 aliphatic rings. The van der Waals surface area contributed by atoms with Gasteiger partial charge in [-0.15, -0.1) is 0 Å². The van der Waals surface area contributed by atoms with Gasteiger partial charge in [0.05, 0.1) is 7.11 Å². The molecule has 142 valence electrons. The van der Waals surface area contributed by atoms with Gasteiger partial charge in [-0.1, -0.05) is 6.07 Å². The van der Waals surface area contributed by atoms with E-state index in [1.165, 1.54) is 6.92 Å². The Morgan fingerprint density at radius 2 is 1.89 bits per heavy atom. The summed E-state index contributed by atoms with van der Waals surface area (Å²) in [4.78, 5) is 25.9. The van der Waals surface area contributed by atoms with Gasteiger partial charge in [0.2, 0.25) is 11.8 Å². The highest BCUT2D eigenvalue weighted by Crippen LogP contribution is 2.34. The van der Waals surface area contributed by atoms with Crippen LogP contribution in [-0.2, 0) is 9.59 Å². The molecule has 0 saturated carbocycles. The minimum atomic E-state index is -0.188. The maximum atomic E-state index is 12.3. The van der Waals surface area contributed by atoms with Crippen LogP contribution in [0.2, 0.25) is 0 Å². The number of fused-ring (bicyclic) bond motifs is 1. The highest BCUT2D eigenvalue weighted by molar-refractivity contribution is 5.95. The van der Waals surface area contributed by atoms with Gasteiger partial charge >= 0.3 is 0 Å². The largest absolute Gasteiger partial charge is 0.497 e. The second-order valence-electron chi connectivity index (χ2n) is 6.03. The molecule has 2 amide bonds. The summed E-state index contributed by atoms with van der Waals surface area (Å²) in [5, 5.41) is 2.81. The molecule has 2 aromatic rings. The quantitative estimate of drug-likeness (QED) is 0.846. The second-order valence-corrected chi connectivity index (χ2v) is 6.03. The van der Waals surface area contributed by atoms with Crippen molar-refractivity contribution in [1.82, 2.24) is 0 Å². The summed E-state index contributed by atoms with van der Waals surface area (Å²) in [6.07, 6.45) is 0.158. The molecule has 3 rings (SSSR count). The lowest BCUT2D eigenvalue weighted by molar-refractivity contribution is -0.117. The van der Waals surface area contributed by atoms with E-state index in [1.54, 1.807) is 54.5 Å². The number of methoxy groups -OCH3 is 1. The van der Waals surface area contributed by atoms with Crippen molar-refractivity contribution in [2.75, 3.05) is 37.1 Å². The fourth-order valence-electron chi connectivity index (χ4n) is 2.81. The Morgan fingerprint density at radius 3 is 2.63 bits per heavy atom. The number of hydrogen-bond donors (Lipinski definition) is 1. The SMILES string of the molecule is COc1cccc(NC(=O)CCN(C(C)=O)c2ccc3c(c2)OCCO3)c1. The van der Waals surface area contributed by atoms with Crippen LogP contribution in [-0.4, -0.2) is 38.7 Å². The van der Waals surface area contributed by atoms with Crippen molar-refractivity contribution in [3.05, 3.63) is 42.5 Å². The molecule has 0 unspecified atom stereocenters. The third-order valence-electron chi connectivity index (χ3n) is 4.13. The fourth-order valence-corrected chi connectivity index (χ4v) is 2.81. The van der Waals surface area contributed by atoms with Gasteiger partial charge in [0, 0.05) is 43.4 Å². The molecule has 0 saturated heterocycles. The molecule has 0 fully saturated rings. The fraction of sp³-hybridized carbons (Fsp3) is 0.300. The molecule has 7 nitrogen and oxygen atoms in total. The Kier molecular flexibility index (Phi) is 5.80. The number of carbonyl (C=O) groups excluding carboxylic acids is 2.